The lowest BCUT2D eigenvalue weighted by Crippen LogP contribution is -2.39. The van der Waals surface area contributed by atoms with E-state index >= 15 is 0 Å². The molecule has 4 nitrogen and oxygen atoms in total. The van der Waals surface area contributed by atoms with Gasteiger partial charge in [0.2, 0.25) is 0 Å². The molecular weight excluding hydrogens is 322 g/mol. The molecule has 134 valence electrons. The first-order valence-electron chi connectivity index (χ1n) is 8.76. The van der Waals surface area contributed by atoms with E-state index in [1.54, 1.807) is 31.2 Å². The molecule has 1 unspecified atom stereocenters. The van der Waals surface area contributed by atoms with Crippen molar-refractivity contribution >= 4 is 15.6 Å². The molecule has 0 radical (unpaired) electrons. The highest BCUT2D eigenvalue weighted by Crippen LogP contribution is 2.29. The second kappa shape index (κ2) is 7.79. The molecule has 0 aliphatic carbocycles. The van der Waals surface area contributed by atoms with E-state index in [1.165, 1.54) is 0 Å². The minimum Gasteiger partial charge on any atom is -0.303 e. The number of ketones is 1. The predicted octanol–water partition coefficient (Wildman–Crippen LogP) is 3.32. The van der Waals surface area contributed by atoms with Crippen LogP contribution in [0.25, 0.3) is 0 Å². The molecule has 1 heterocycles. The summed E-state index contributed by atoms with van der Waals surface area (Å²) < 4.78 is 24.9. The molecule has 0 N–H and O–H groups in total. The molecule has 1 fully saturated rings. The van der Waals surface area contributed by atoms with Crippen LogP contribution in [0.4, 0.5) is 0 Å². The van der Waals surface area contributed by atoms with Crippen molar-refractivity contribution in [1.82, 2.24) is 4.90 Å². The maximum Gasteiger partial charge on any atom is 0.183 e. The Bertz CT molecular complexity index is 652. The standard InChI is InChI=1S/C19H29NO3S/c1-16(21)17-9-7-13-20(15-17)14-8-12-19(2,3)24(22,23)18-10-5-4-6-11-18/h4-6,10-11,17H,7-9,12-15H2,1-3H3. The number of carbonyl (C=O) groups is 1. The summed E-state index contributed by atoms with van der Waals surface area (Å²) in [5.74, 6) is 0.423. The van der Waals surface area contributed by atoms with E-state index in [1.807, 2.05) is 19.9 Å². The molecule has 1 saturated heterocycles. The summed E-state index contributed by atoms with van der Waals surface area (Å²) >= 11 is 0. The number of likely N-dealkylation sites (tertiary alicyclic amines) is 1. The molecule has 1 aliphatic heterocycles. The number of rotatable bonds is 7. The van der Waals surface area contributed by atoms with Gasteiger partial charge in [0.05, 0.1) is 9.64 Å². The second-order valence-electron chi connectivity index (χ2n) is 7.43. The zero-order valence-corrected chi connectivity index (χ0v) is 15.8. The number of hydrogen-bond acceptors (Lipinski definition) is 4. The van der Waals surface area contributed by atoms with E-state index in [-0.39, 0.29) is 11.7 Å². The number of carbonyl (C=O) groups excluding carboxylic acids is 1. The SMILES string of the molecule is CC(=O)C1CCCN(CCCC(C)(C)S(=O)(=O)c2ccccc2)C1. The number of piperidine rings is 1. The molecular formula is C19H29NO3S. The third-order valence-corrected chi connectivity index (χ3v) is 7.67. The normalized spacial score (nSPS) is 20.0. The molecule has 0 aromatic heterocycles. The van der Waals surface area contributed by atoms with Gasteiger partial charge in [-0.2, -0.15) is 0 Å². The Balaban J connectivity index is 1.92. The van der Waals surface area contributed by atoms with Gasteiger partial charge in [-0.3, -0.25) is 4.79 Å². The van der Waals surface area contributed by atoms with Crippen LogP contribution in [0.1, 0.15) is 46.5 Å². The van der Waals surface area contributed by atoms with E-state index in [2.05, 4.69) is 4.90 Å². The van der Waals surface area contributed by atoms with E-state index in [9.17, 15) is 13.2 Å². The second-order valence-corrected chi connectivity index (χ2v) is 10.0. The number of benzene rings is 1. The molecule has 0 bridgehead atoms. The summed E-state index contributed by atoms with van der Waals surface area (Å²) in [7, 11) is -3.34. The van der Waals surface area contributed by atoms with Crippen LogP contribution in [-0.4, -0.2) is 43.5 Å². The van der Waals surface area contributed by atoms with Crippen molar-refractivity contribution in [3.63, 3.8) is 0 Å². The predicted molar refractivity (Wildman–Crippen MR) is 96.8 cm³/mol. The van der Waals surface area contributed by atoms with Gasteiger partial charge in [-0.25, -0.2) is 8.42 Å². The fourth-order valence-corrected chi connectivity index (χ4v) is 4.94. The lowest BCUT2D eigenvalue weighted by Gasteiger charge is -2.32. The van der Waals surface area contributed by atoms with Crippen molar-refractivity contribution in [3.05, 3.63) is 30.3 Å². The molecule has 1 aromatic rings. The number of hydrogen-bond donors (Lipinski definition) is 0. The minimum absolute atomic E-state index is 0.153. The van der Waals surface area contributed by atoms with Crippen LogP contribution in [-0.2, 0) is 14.6 Å². The average Bonchev–Trinajstić information content (AvgIpc) is 2.55. The topological polar surface area (TPSA) is 54.5 Å². The molecule has 0 saturated carbocycles. The molecule has 1 atom stereocenters. The number of nitrogens with zero attached hydrogens (tertiary/aromatic N) is 1. The van der Waals surface area contributed by atoms with Crippen molar-refractivity contribution in [2.24, 2.45) is 5.92 Å². The quantitative estimate of drug-likeness (QED) is 0.756. The Kier molecular flexibility index (Phi) is 6.21. The van der Waals surface area contributed by atoms with E-state index in [0.717, 1.165) is 38.9 Å². The lowest BCUT2D eigenvalue weighted by atomic mass is 9.94. The first kappa shape index (κ1) is 19.1. The average molecular weight is 352 g/mol. The van der Waals surface area contributed by atoms with Crippen LogP contribution in [0.3, 0.4) is 0 Å². The Morgan fingerprint density at radius 3 is 2.54 bits per heavy atom. The molecule has 1 aromatic carbocycles. The maximum absolute atomic E-state index is 12.8. The Morgan fingerprint density at radius 1 is 1.25 bits per heavy atom. The molecule has 5 heteroatoms. The fraction of sp³-hybridized carbons (Fsp3) is 0.632. The monoisotopic (exact) mass is 351 g/mol. The highest BCUT2D eigenvalue weighted by atomic mass is 32.2. The van der Waals surface area contributed by atoms with Crippen LogP contribution in [0.2, 0.25) is 0 Å². The van der Waals surface area contributed by atoms with Crippen molar-refractivity contribution in [1.29, 1.82) is 0 Å². The van der Waals surface area contributed by atoms with Gasteiger partial charge >= 0.3 is 0 Å². The van der Waals surface area contributed by atoms with Gasteiger partial charge in [-0.15, -0.1) is 0 Å². The summed E-state index contributed by atoms with van der Waals surface area (Å²) in [6, 6.07) is 8.68. The molecule has 2 rings (SSSR count). The Morgan fingerprint density at radius 2 is 1.92 bits per heavy atom. The zero-order valence-electron chi connectivity index (χ0n) is 15.0. The number of sulfone groups is 1. The number of Topliss-reactive ketones (excluding diaryl/α,β-unsaturated/α-hetero) is 1. The summed E-state index contributed by atoms with van der Waals surface area (Å²) in [5.41, 5.74) is 0. The third kappa shape index (κ3) is 4.45. The summed E-state index contributed by atoms with van der Waals surface area (Å²) in [5, 5.41) is 0. The van der Waals surface area contributed by atoms with Crippen LogP contribution < -0.4 is 0 Å². The van der Waals surface area contributed by atoms with Gasteiger partial charge in [-0.1, -0.05) is 18.2 Å². The van der Waals surface area contributed by atoms with Crippen molar-refractivity contribution in [2.45, 2.75) is 56.1 Å². The highest BCUT2D eigenvalue weighted by Gasteiger charge is 2.35. The van der Waals surface area contributed by atoms with Gasteiger partial charge in [0, 0.05) is 12.5 Å². The maximum atomic E-state index is 12.8. The van der Waals surface area contributed by atoms with E-state index < -0.39 is 14.6 Å². The summed E-state index contributed by atoms with van der Waals surface area (Å²) in [4.78, 5) is 14.3. The molecule has 0 spiro atoms. The summed E-state index contributed by atoms with van der Waals surface area (Å²) in [6.45, 7) is 7.98. The smallest absolute Gasteiger partial charge is 0.183 e. The van der Waals surface area contributed by atoms with Crippen LogP contribution in [0, 0.1) is 5.92 Å². The largest absolute Gasteiger partial charge is 0.303 e. The van der Waals surface area contributed by atoms with Gasteiger partial charge in [-0.05, 0) is 71.7 Å². The van der Waals surface area contributed by atoms with Gasteiger partial charge in [0.15, 0.2) is 9.84 Å². The Hall–Kier alpha value is -1.20. The van der Waals surface area contributed by atoms with Crippen molar-refractivity contribution in [2.75, 3.05) is 19.6 Å². The van der Waals surface area contributed by atoms with Crippen molar-refractivity contribution in [3.8, 4) is 0 Å². The summed E-state index contributed by atoms with van der Waals surface area (Å²) in [6.07, 6.45) is 3.48. The fourth-order valence-electron chi connectivity index (χ4n) is 3.37. The van der Waals surface area contributed by atoms with Crippen molar-refractivity contribution < 1.29 is 13.2 Å². The van der Waals surface area contributed by atoms with Crippen LogP contribution >= 0.6 is 0 Å². The highest BCUT2D eigenvalue weighted by molar-refractivity contribution is 7.92. The lowest BCUT2D eigenvalue weighted by molar-refractivity contribution is -0.122. The van der Waals surface area contributed by atoms with Gasteiger partial charge < -0.3 is 4.90 Å². The van der Waals surface area contributed by atoms with Gasteiger partial charge in [0.1, 0.15) is 5.78 Å². The van der Waals surface area contributed by atoms with Crippen LogP contribution in [0.5, 0.6) is 0 Å². The van der Waals surface area contributed by atoms with Crippen LogP contribution in [0.15, 0.2) is 35.2 Å². The van der Waals surface area contributed by atoms with E-state index in [0.29, 0.717) is 11.3 Å². The molecule has 24 heavy (non-hydrogen) atoms. The van der Waals surface area contributed by atoms with Gasteiger partial charge in [0.25, 0.3) is 0 Å². The van der Waals surface area contributed by atoms with E-state index in [4.69, 9.17) is 0 Å². The first-order valence-corrected chi connectivity index (χ1v) is 10.2. The minimum atomic E-state index is -3.34. The molecule has 1 aliphatic rings. The Labute approximate surface area is 146 Å². The molecule has 0 amide bonds. The third-order valence-electron chi connectivity index (χ3n) is 5.11. The zero-order chi connectivity index (χ0) is 17.8. The first-order chi connectivity index (χ1) is 11.2.